The lowest BCUT2D eigenvalue weighted by atomic mass is 10.4. The van der Waals surface area contributed by atoms with E-state index >= 15 is 0 Å². The van der Waals surface area contributed by atoms with Crippen molar-refractivity contribution in [2.75, 3.05) is 51.3 Å². The number of morpholine rings is 1. The topological polar surface area (TPSA) is 91.8 Å². The molecule has 1 amide bonds. The quantitative estimate of drug-likeness (QED) is 0.743. The smallest absolute Gasteiger partial charge is 0.244 e. The number of pyridine rings is 1. The molecule has 0 aliphatic carbocycles. The summed E-state index contributed by atoms with van der Waals surface area (Å²) >= 11 is 0. The van der Waals surface area contributed by atoms with Crippen molar-refractivity contribution in [3.63, 3.8) is 0 Å². The molecule has 0 aromatic carbocycles. The van der Waals surface area contributed by atoms with Gasteiger partial charge in [0.25, 0.3) is 0 Å². The Morgan fingerprint density at radius 1 is 1.38 bits per heavy atom. The van der Waals surface area contributed by atoms with Crippen LogP contribution in [0.5, 0.6) is 0 Å². The Bertz CT molecular complexity index is 642. The second-order valence-corrected chi connectivity index (χ2v) is 7.51. The SMILES string of the molecule is CCCNC(=O)CN(C)c1ccc(S(=O)(=O)N2CCOCC2)cn1. The van der Waals surface area contributed by atoms with Gasteiger partial charge in [0.15, 0.2) is 0 Å². The minimum absolute atomic E-state index is 0.0915. The first-order chi connectivity index (χ1) is 11.4. The van der Waals surface area contributed by atoms with E-state index in [9.17, 15) is 13.2 Å². The van der Waals surface area contributed by atoms with Crippen LogP contribution in [0.4, 0.5) is 5.82 Å². The van der Waals surface area contributed by atoms with Crippen LogP contribution >= 0.6 is 0 Å². The molecule has 0 atom stereocenters. The van der Waals surface area contributed by atoms with Crippen molar-refractivity contribution >= 4 is 21.7 Å². The minimum atomic E-state index is -3.55. The van der Waals surface area contributed by atoms with E-state index in [2.05, 4.69) is 10.3 Å². The first-order valence-electron chi connectivity index (χ1n) is 7.97. The molecule has 0 bridgehead atoms. The minimum Gasteiger partial charge on any atom is -0.379 e. The number of rotatable bonds is 7. The van der Waals surface area contributed by atoms with Crippen LogP contribution < -0.4 is 10.2 Å². The number of nitrogens with zero attached hydrogens (tertiary/aromatic N) is 3. The lowest BCUT2D eigenvalue weighted by Crippen LogP contribution is -2.40. The molecule has 1 aromatic heterocycles. The average Bonchev–Trinajstić information content (AvgIpc) is 2.60. The Morgan fingerprint density at radius 2 is 2.08 bits per heavy atom. The number of nitrogens with one attached hydrogen (secondary N) is 1. The van der Waals surface area contributed by atoms with Crippen LogP contribution in [-0.4, -0.2) is 70.1 Å². The Kier molecular flexibility index (Phi) is 6.52. The number of aromatic nitrogens is 1. The second kappa shape index (κ2) is 8.41. The highest BCUT2D eigenvalue weighted by atomic mass is 32.2. The van der Waals surface area contributed by atoms with Gasteiger partial charge < -0.3 is 15.0 Å². The molecule has 1 aromatic rings. The fourth-order valence-corrected chi connectivity index (χ4v) is 3.66. The Hall–Kier alpha value is -1.71. The molecule has 1 saturated heterocycles. The largest absolute Gasteiger partial charge is 0.379 e. The van der Waals surface area contributed by atoms with Crippen LogP contribution in [0.25, 0.3) is 0 Å². The fraction of sp³-hybridized carbons (Fsp3) is 0.600. The zero-order valence-electron chi connectivity index (χ0n) is 14.1. The van der Waals surface area contributed by atoms with E-state index in [1.807, 2.05) is 6.92 Å². The molecule has 0 saturated carbocycles. The van der Waals surface area contributed by atoms with Crippen molar-refractivity contribution in [3.05, 3.63) is 18.3 Å². The van der Waals surface area contributed by atoms with Crippen molar-refractivity contribution in [2.24, 2.45) is 0 Å². The molecule has 1 N–H and O–H groups in total. The van der Waals surface area contributed by atoms with E-state index in [-0.39, 0.29) is 17.3 Å². The van der Waals surface area contributed by atoms with Crippen molar-refractivity contribution in [1.29, 1.82) is 0 Å². The second-order valence-electron chi connectivity index (χ2n) is 5.57. The number of hydrogen-bond acceptors (Lipinski definition) is 6. The summed E-state index contributed by atoms with van der Waals surface area (Å²) in [6.45, 7) is 4.29. The van der Waals surface area contributed by atoms with E-state index in [0.717, 1.165) is 6.42 Å². The Labute approximate surface area is 142 Å². The van der Waals surface area contributed by atoms with E-state index in [1.54, 1.807) is 18.0 Å². The fourth-order valence-electron chi connectivity index (χ4n) is 2.30. The summed E-state index contributed by atoms with van der Waals surface area (Å²) in [6, 6.07) is 3.13. The molecule has 0 radical (unpaired) electrons. The van der Waals surface area contributed by atoms with E-state index in [1.165, 1.54) is 16.6 Å². The summed E-state index contributed by atoms with van der Waals surface area (Å²) in [4.78, 5) is 17.7. The van der Waals surface area contributed by atoms with Crippen LogP contribution in [0.1, 0.15) is 13.3 Å². The van der Waals surface area contributed by atoms with Gasteiger partial charge in [0.2, 0.25) is 15.9 Å². The third-order valence-electron chi connectivity index (χ3n) is 3.67. The monoisotopic (exact) mass is 356 g/mol. The first kappa shape index (κ1) is 18.6. The Morgan fingerprint density at radius 3 is 2.67 bits per heavy atom. The van der Waals surface area contributed by atoms with Gasteiger partial charge in [0, 0.05) is 32.9 Å². The maximum atomic E-state index is 12.5. The zero-order valence-corrected chi connectivity index (χ0v) is 14.9. The molecule has 24 heavy (non-hydrogen) atoms. The number of ether oxygens (including phenoxy) is 1. The van der Waals surface area contributed by atoms with E-state index < -0.39 is 10.0 Å². The van der Waals surface area contributed by atoms with Gasteiger partial charge in [-0.25, -0.2) is 13.4 Å². The average molecular weight is 356 g/mol. The third kappa shape index (κ3) is 4.65. The van der Waals surface area contributed by atoms with E-state index in [4.69, 9.17) is 4.74 Å². The van der Waals surface area contributed by atoms with Crippen LogP contribution in [-0.2, 0) is 19.6 Å². The van der Waals surface area contributed by atoms with Gasteiger partial charge in [-0.3, -0.25) is 4.79 Å². The summed E-state index contributed by atoms with van der Waals surface area (Å²) < 4.78 is 31.6. The molecule has 0 spiro atoms. The molecule has 1 aliphatic rings. The summed E-state index contributed by atoms with van der Waals surface area (Å²) in [6.07, 6.45) is 2.21. The Balaban J connectivity index is 2.02. The normalized spacial score (nSPS) is 15.9. The van der Waals surface area contributed by atoms with Crippen LogP contribution in [0, 0.1) is 0 Å². The molecular formula is C15H24N4O4S. The molecule has 9 heteroatoms. The molecule has 1 fully saturated rings. The molecule has 2 heterocycles. The van der Waals surface area contributed by atoms with Crippen molar-refractivity contribution in [3.8, 4) is 0 Å². The number of carbonyl (C=O) groups is 1. The molecule has 0 unspecified atom stereocenters. The summed E-state index contributed by atoms with van der Waals surface area (Å²) in [5.41, 5.74) is 0. The highest BCUT2D eigenvalue weighted by molar-refractivity contribution is 7.89. The van der Waals surface area contributed by atoms with Crippen LogP contribution in [0.2, 0.25) is 0 Å². The number of amides is 1. The third-order valence-corrected chi connectivity index (χ3v) is 5.55. The van der Waals surface area contributed by atoms with Gasteiger partial charge in [-0.05, 0) is 18.6 Å². The lowest BCUT2D eigenvalue weighted by molar-refractivity contribution is -0.119. The predicted octanol–water partition coefficient (Wildman–Crippen LogP) is 0.0649. The highest BCUT2D eigenvalue weighted by Crippen LogP contribution is 2.18. The van der Waals surface area contributed by atoms with Crippen LogP contribution in [0.15, 0.2) is 23.2 Å². The number of sulfonamides is 1. The first-order valence-corrected chi connectivity index (χ1v) is 9.41. The summed E-state index contributed by atoms with van der Waals surface area (Å²) in [7, 11) is -1.81. The molecule has 8 nitrogen and oxygen atoms in total. The van der Waals surface area contributed by atoms with Crippen LogP contribution in [0.3, 0.4) is 0 Å². The maximum absolute atomic E-state index is 12.5. The molecule has 134 valence electrons. The van der Waals surface area contributed by atoms with Gasteiger partial charge in [-0.15, -0.1) is 0 Å². The van der Waals surface area contributed by atoms with Gasteiger partial charge in [-0.1, -0.05) is 6.92 Å². The van der Waals surface area contributed by atoms with Gasteiger partial charge >= 0.3 is 0 Å². The highest BCUT2D eigenvalue weighted by Gasteiger charge is 2.26. The van der Waals surface area contributed by atoms with Crippen molar-refractivity contribution in [2.45, 2.75) is 18.2 Å². The molecular weight excluding hydrogens is 332 g/mol. The number of likely N-dealkylation sites (N-methyl/N-ethyl adjacent to an activating group) is 1. The predicted molar refractivity (Wildman–Crippen MR) is 90.4 cm³/mol. The van der Waals surface area contributed by atoms with Crippen molar-refractivity contribution < 1.29 is 17.9 Å². The lowest BCUT2D eigenvalue weighted by Gasteiger charge is -2.26. The summed E-state index contributed by atoms with van der Waals surface area (Å²) in [5, 5.41) is 2.79. The van der Waals surface area contributed by atoms with E-state index in [0.29, 0.717) is 38.7 Å². The summed E-state index contributed by atoms with van der Waals surface area (Å²) in [5.74, 6) is 0.453. The molecule has 2 rings (SSSR count). The van der Waals surface area contributed by atoms with Gasteiger partial charge in [0.05, 0.1) is 19.8 Å². The number of anilines is 1. The van der Waals surface area contributed by atoms with Gasteiger partial charge in [0.1, 0.15) is 10.7 Å². The van der Waals surface area contributed by atoms with Gasteiger partial charge in [-0.2, -0.15) is 4.31 Å². The standard InChI is InChI=1S/C15H24N4O4S/c1-3-6-16-15(20)12-18(2)14-5-4-13(11-17-14)24(21,22)19-7-9-23-10-8-19/h4-5,11H,3,6-10,12H2,1-2H3,(H,16,20). The molecule has 1 aliphatic heterocycles. The number of hydrogen-bond donors (Lipinski definition) is 1. The van der Waals surface area contributed by atoms with Crippen molar-refractivity contribution in [1.82, 2.24) is 14.6 Å². The zero-order chi connectivity index (χ0) is 17.6. The number of carbonyl (C=O) groups excluding carboxylic acids is 1. The maximum Gasteiger partial charge on any atom is 0.244 e.